The first-order chi connectivity index (χ1) is 7.36. The van der Waals surface area contributed by atoms with E-state index in [4.69, 9.17) is 4.74 Å². The molecule has 0 radical (unpaired) electrons. The van der Waals surface area contributed by atoms with Gasteiger partial charge in [-0.05, 0) is 28.3 Å². The van der Waals surface area contributed by atoms with Gasteiger partial charge in [0.25, 0.3) is 0 Å². The molecule has 0 amide bonds. The maximum atomic E-state index is 5.22. The summed E-state index contributed by atoms with van der Waals surface area (Å²) >= 11 is 0. The van der Waals surface area contributed by atoms with E-state index >= 15 is 0 Å². The Bertz CT molecular complexity index is 460. The standard InChI is InChI=1S/C14H16O/c1-3-13-12(10-15-2)9-8-11-6-4-5-7-14(11)13/h4-9H,3,10H2,1-2H3. The molecule has 0 fully saturated rings. The van der Waals surface area contributed by atoms with E-state index in [-0.39, 0.29) is 0 Å². The average Bonchev–Trinajstić information content (AvgIpc) is 2.29. The summed E-state index contributed by atoms with van der Waals surface area (Å²) in [5.74, 6) is 0. The Morgan fingerprint density at radius 1 is 1.07 bits per heavy atom. The Labute approximate surface area is 90.7 Å². The zero-order valence-corrected chi connectivity index (χ0v) is 9.29. The predicted molar refractivity (Wildman–Crippen MR) is 64.0 cm³/mol. The van der Waals surface area contributed by atoms with E-state index in [1.807, 2.05) is 0 Å². The van der Waals surface area contributed by atoms with Crippen LogP contribution in [0.4, 0.5) is 0 Å². The van der Waals surface area contributed by atoms with Crippen LogP contribution in [0, 0.1) is 0 Å². The Kier molecular flexibility index (Phi) is 3.02. The monoisotopic (exact) mass is 200 g/mol. The highest BCUT2D eigenvalue weighted by molar-refractivity contribution is 5.86. The van der Waals surface area contributed by atoms with Crippen LogP contribution in [0.15, 0.2) is 36.4 Å². The van der Waals surface area contributed by atoms with Gasteiger partial charge in [-0.15, -0.1) is 0 Å². The van der Waals surface area contributed by atoms with Gasteiger partial charge in [-0.2, -0.15) is 0 Å². The molecule has 2 aromatic carbocycles. The number of hydrogen-bond donors (Lipinski definition) is 0. The van der Waals surface area contributed by atoms with Crippen molar-refractivity contribution >= 4 is 10.8 Å². The molecule has 0 bridgehead atoms. The molecule has 2 aromatic rings. The summed E-state index contributed by atoms with van der Waals surface area (Å²) in [4.78, 5) is 0. The third-order valence-corrected chi connectivity index (χ3v) is 2.79. The van der Waals surface area contributed by atoms with Crippen molar-refractivity contribution in [2.45, 2.75) is 20.0 Å². The molecule has 0 aromatic heterocycles. The fraction of sp³-hybridized carbons (Fsp3) is 0.286. The van der Waals surface area contributed by atoms with E-state index in [2.05, 4.69) is 43.3 Å². The van der Waals surface area contributed by atoms with Crippen molar-refractivity contribution < 1.29 is 4.74 Å². The first-order valence-corrected chi connectivity index (χ1v) is 5.35. The maximum Gasteiger partial charge on any atom is 0.0715 e. The predicted octanol–water partition coefficient (Wildman–Crippen LogP) is 3.55. The number of aryl methyl sites for hydroxylation is 1. The van der Waals surface area contributed by atoms with E-state index in [1.54, 1.807) is 7.11 Å². The van der Waals surface area contributed by atoms with Crippen molar-refractivity contribution in [2.75, 3.05) is 7.11 Å². The second-order valence-corrected chi connectivity index (χ2v) is 3.71. The van der Waals surface area contributed by atoms with E-state index in [0.29, 0.717) is 6.61 Å². The molecule has 0 heterocycles. The van der Waals surface area contributed by atoms with E-state index < -0.39 is 0 Å². The lowest BCUT2D eigenvalue weighted by molar-refractivity contribution is 0.184. The van der Waals surface area contributed by atoms with Gasteiger partial charge in [-0.3, -0.25) is 0 Å². The number of rotatable bonds is 3. The fourth-order valence-corrected chi connectivity index (χ4v) is 2.09. The van der Waals surface area contributed by atoms with Gasteiger partial charge in [0, 0.05) is 7.11 Å². The lowest BCUT2D eigenvalue weighted by atomic mass is 9.97. The van der Waals surface area contributed by atoms with Crippen LogP contribution in [-0.4, -0.2) is 7.11 Å². The van der Waals surface area contributed by atoms with Gasteiger partial charge in [0.1, 0.15) is 0 Å². The minimum atomic E-state index is 0.702. The summed E-state index contributed by atoms with van der Waals surface area (Å²) in [5.41, 5.74) is 2.72. The third-order valence-electron chi connectivity index (χ3n) is 2.79. The Balaban J connectivity index is 2.64. The van der Waals surface area contributed by atoms with E-state index in [9.17, 15) is 0 Å². The molecule has 0 aliphatic rings. The van der Waals surface area contributed by atoms with Crippen LogP contribution in [0.1, 0.15) is 18.1 Å². The number of ether oxygens (including phenoxy) is 1. The zero-order valence-electron chi connectivity index (χ0n) is 9.29. The molecule has 0 unspecified atom stereocenters. The molecule has 2 rings (SSSR count). The highest BCUT2D eigenvalue weighted by atomic mass is 16.5. The number of fused-ring (bicyclic) bond motifs is 1. The van der Waals surface area contributed by atoms with Crippen LogP contribution in [0.2, 0.25) is 0 Å². The molecule has 0 aliphatic heterocycles. The molecule has 1 heteroatoms. The van der Waals surface area contributed by atoms with Gasteiger partial charge in [0.15, 0.2) is 0 Å². The molecule has 0 saturated carbocycles. The highest BCUT2D eigenvalue weighted by Gasteiger charge is 2.04. The molecule has 0 atom stereocenters. The number of benzene rings is 2. The van der Waals surface area contributed by atoms with Gasteiger partial charge < -0.3 is 4.74 Å². The Morgan fingerprint density at radius 3 is 2.60 bits per heavy atom. The first kappa shape index (κ1) is 10.2. The zero-order chi connectivity index (χ0) is 10.7. The van der Waals surface area contributed by atoms with Crippen LogP contribution >= 0.6 is 0 Å². The summed E-state index contributed by atoms with van der Waals surface area (Å²) in [6.07, 6.45) is 1.06. The lowest BCUT2D eigenvalue weighted by Crippen LogP contribution is -1.95. The van der Waals surface area contributed by atoms with Crippen LogP contribution in [0.5, 0.6) is 0 Å². The van der Waals surface area contributed by atoms with Crippen molar-refractivity contribution in [2.24, 2.45) is 0 Å². The largest absolute Gasteiger partial charge is 0.380 e. The van der Waals surface area contributed by atoms with Crippen LogP contribution in [-0.2, 0) is 17.8 Å². The highest BCUT2D eigenvalue weighted by Crippen LogP contribution is 2.23. The smallest absolute Gasteiger partial charge is 0.0715 e. The van der Waals surface area contributed by atoms with E-state index in [0.717, 1.165) is 6.42 Å². The van der Waals surface area contributed by atoms with Crippen LogP contribution in [0.25, 0.3) is 10.8 Å². The summed E-state index contributed by atoms with van der Waals surface area (Å²) in [6, 6.07) is 12.9. The molecular weight excluding hydrogens is 184 g/mol. The molecule has 0 aliphatic carbocycles. The molecular formula is C14H16O. The molecule has 0 saturated heterocycles. The Hall–Kier alpha value is -1.34. The van der Waals surface area contributed by atoms with Gasteiger partial charge in [-0.25, -0.2) is 0 Å². The van der Waals surface area contributed by atoms with Crippen molar-refractivity contribution in [3.05, 3.63) is 47.5 Å². The van der Waals surface area contributed by atoms with Crippen molar-refractivity contribution in [1.29, 1.82) is 0 Å². The Morgan fingerprint density at radius 2 is 1.87 bits per heavy atom. The molecule has 78 valence electrons. The van der Waals surface area contributed by atoms with Gasteiger partial charge in [-0.1, -0.05) is 43.3 Å². The van der Waals surface area contributed by atoms with Crippen molar-refractivity contribution in [3.8, 4) is 0 Å². The van der Waals surface area contributed by atoms with Crippen LogP contribution < -0.4 is 0 Å². The number of methoxy groups -OCH3 is 1. The molecule has 1 nitrogen and oxygen atoms in total. The lowest BCUT2D eigenvalue weighted by Gasteiger charge is -2.10. The second kappa shape index (κ2) is 4.45. The van der Waals surface area contributed by atoms with Gasteiger partial charge in [0.05, 0.1) is 6.61 Å². The minimum Gasteiger partial charge on any atom is -0.380 e. The fourth-order valence-electron chi connectivity index (χ4n) is 2.09. The van der Waals surface area contributed by atoms with Gasteiger partial charge in [0.2, 0.25) is 0 Å². The van der Waals surface area contributed by atoms with Gasteiger partial charge >= 0.3 is 0 Å². The average molecular weight is 200 g/mol. The second-order valence-electron chi connectivity index (χ2n) is 3.71. The molecule has 15 heavy (non-hydrogen) atoms. The summed E-state index contributed by atoms with van der Waals surface area (Å²) in [5, 5.41) is 2.67. The first-order valence-electron chi connectivity index (χ1n) is 5.35. The number of hydrogen-bond acceptors (Lipinski definition) is 1. The summed E-state index contributed by atoms with van der Waals surface area (Å²) < 4.78 is 5.22. The SMILES string of the molecule is CCc1c(COC)ccc2ccccc12. The maximum absolute atomic E-state index is 5.22. The quantitative estimate of drug-likeness (QED) is 0.736. The van der Waals surface area contributed by atoms with Crippen molar-refractivity contribution in [1.82, 2.24) is 0 Å². The summed E-state index contributed by atoms with van der Waals surface area (Å²) in [7, 11) is 1.74. The normalized spacial score (nSPS) is 10.8. The topological polar surface area (TPSA) is 9.23 Å². The molecule has 0 N–H and O–H groups in total. The minimum absolute atomic E-state index is 0.702. The molecule has 0 spiro atoms. The van der Waals surface area contributed by atoms with Crippen molar-refractivity contribution in [3.63, 3.8) is 0 Å². The van der Waals surface area contributed by atoms with Crippen LogP contribution in [0.3, 0.4) is 0 Å². The summed E-state index contributed by atoms with van der Waals surface area (Å²) in [6.45, 7) is 2.90. The van der Waals surface area contributed by atoms with E-state index in [1.165, 1.54) is 21.9 Å². The third kappa shape index (κ3) is 1.88.